The van der Waals surface area contributed by atoms with Gasteiger partial charge in [-0.1, -0.05) is 36.2 Å². The quantitative estimate of drug-likeness (QED) is 0.285. The van der Waals surface area contributed by atoms with Crippen LogP contribution in [0.2, 0.25) is 0 Å². The molecule has 13 heteroatoms. The van der Waals surface area contributed by atoms with Crippen molar-refractivity contribution in [2.45, 2.75) is 81.4 Å². The molecule has 0 spiro atoms. The summed E-state index contributed by atoms with van der Waals surface area (Å²) in [5, 5.41) is -4.63. The van der Waals surface area contributed by atoms with Gasteiger partial charge in [0.25, 0.3) is 0 Å². The summed E-state index contributed by atoms with van der Waals surface area (Å²) < 4.78 is 70.6. The highest BCUT2D eigenvalue weighted by Crippen LogP contribution is 2.63. The summed E-state index contributed by atoms with van der Waals surface area (Å²) in [4.78, 5) is 26.9. The highest BCUT2D eigenvalue weighted by Gasteiger charge is 2.64. The third-order valence-corrected chi connectivity index (χ3v) is 9.64. The van der Waals surface area contributed by atoms with Crippen LogP contribution in [0.3, 0.4) is 0 Å². The molecule has 37 heavy (non-hydrogen) atoms. The first kappa shape index (κ1) is 28.1. The zero-order valence-corrected chi connectivity index (χ0v) is 22.6. The molecule has 4 aliphatic rings. The molecule has 7 nitrogen and oxygen atoms in total. The van der Waals surface area contributed by atoms with Crippen LogP contribution < -0.4 is 0 Å². The van der Waals surface area contributed by atoms with Gasteiger partial charge in [-0.2, -0.15) is 17.2 Å². The molecule has 0 aliphatic heterocycles. The highest BCUT2D eigenvalue weighted by molar-refractivity contribution is 7.86. The minimum absolute atomic E-state index is 0.0674. The number of benzene rings is 1. The van der Waals surface area contributed by atoms with Crippen LogP contribution in [0.4, 0.5) is 8.78 Å². The van der Waals surface area contributed by atoms with E-state index < -0.39 is 44.4 Å². The first-order chi connectivity index (χ1) is 17.2. The van der Waals surface area contributed by atoms with Crippen LogP contribution in [0.25, 0.3) is 0 Å². The SMILES string of the molecule is BCc1cc(CB)c(CB)c(C(=O)OC23CC4CC(C2)CC(C(=O)OC(C)C(F)(F)S(=O)(=O)O)(C4)C3)c1. The molecular weight excluding hydrogens is 503 g/mol. The molecule has 3 atom stereocenters. The van der Waals surface area contributed by atoms with Crippen LogP contribution in [0.1, 0.15) is 72.5 Å². The molecule has 4 fully saturated rings. The molecule has 1 N–H and O–H groups in total. The van der Waals surface area contributed by atoms with Gasteiger partial charge in [-0.25, -0.2) is 4.79 Å². The summed E-state index contributed by atoms with van der Waals surface area (Å²) >= 11 is 0. The van der Waals surface area contributed by atoms with E-state index in [2.05, 4.69) is 6.07 Å². The number of hydrogen-bond acceptors (Lipinski definition) is 6. The summed E-state index contributed by atoms with van der Waals surface area (Å²) in [6.45, 7) is 0.750. The standard InChI is InChI=1S/C24H33B3F2O7S/c1-13(24(28,29)37(32,33)34)35-21(31)22-5-15-2-16(6-22)8-23(7-15,12-22)36-20(30)18-4-14(9-25)3-17(10-26)19(18)11-27/h3-4,13,15-16H,2,5-12,25-27H2,1H3,(H,32,33,34). The van der Waals surface area contributed by atoms with Gasteiger partial charge in [0, 0.05) is 6.42 Å². The predicted molar refractivity (Wildman–Crippen MR) is 140 cm³/mol. The maximum atomic E-state index is 14.1. The third kappa shape index (κ3) is 4.98. The number of hydrogen-bond donors (Lipinski definition) is 1. The molecule has 200 valence electrons. The number of carbonyl (C=O) groups excluding carboxylic acids is 2. The van der Waals surface area contributed by atoms with Gasteiger partial charge in [-0.05, 0) is 62.5 Å². The molecule has 0 radical (unpaired) electrons. The number of esters is 2. The van der Waals surface area contributed by atoms with Crippen LogP contribution >= 0.6 is 0 Å². The molecule has 4 saturated carbocycles. The summed E-state index contributed by atoms with van der Waals surface area (Å²) in [7, 11) is 0.306. The molecule has 5 rings (SSSR count). The number of ether oxygens (including phenoxy) is 2. The van der Waals surface area contributed by atoms with Crippen LogP contribution in [0.5, 0.6) is 0 Å². The average molecular weight is 536 g/mol. The lowest BCUT2D eigenvalue weighted by atomic mass is 9.48. The Labute approximate surface area is 219 Å². The van der Waals surface area contributed by atoms with E-state index in [9.17, 15) is 26.8 Å². The van der Waals surface area contributed by atoms with Crippen molar-refractivity contribution in [3.05, 3.63) is 34.4 Å². The van der Waals surface area contributed by atoms with Crippen molar-refractivity contribution >= 4 is 45.6 Å². The van der Waals surface area contributed by atoms with E-state index >= 15 is 0 Å². The van der Waals surface area contributed by atoms with Gasteiger partial charge in [-0.3, -0.25) is 9.35 Å². The first-order valence-electron chi connectivity index (χ1n) is 13.1. The fourth-order valence-electron chi connectivity index (χ4n) is 7.27. The number of alkyl halides is 2. The normalized spacial score (nSPS) is 29.6. The summed E-state index contributed by atoms with van der Waals surface area (Å²) in [5.74, 6) is -1.22. The van der Waals surface area contributed by atoms with Crippen LogP contribution in [-0.2, 0) is 43.3 Å². The first-order valence-corrected chi connectivity index (χ1v) is 14.6. The lowest BCUT2D eigenvalue weighted by Gasteiger charge is -2.59. The largest absolute Gasteiger partial charge is 0.455 e. The maximum absolute atomic E-state index is 14.1. The van der Waals surface area contributed by atoms with Crippen LogP contribution in [0.15, 0.2) is 12.1 Å². The van der Waals surface area contributed by atoms with Crippen molar-refractivity contribution in [1.29, 1.82) is 0 Å². The molecule has 1 aromatic rings. The maximum Gasteiger partial charge on any atom is 0.405 e. The average Bonchev–Trinajstić information content (AvgIpc) is 2.80. The second-order valence-corrected chi connectivity index (χ2v) is 12.7. The van der Waals surface area contributed by atoms with Crippen molar-refractivity contribution in [2.75, 3.05) is 0 Å². The lowest BCUT2D eigenvalue weighted by Crippen LogP contribution is -2.60. The zero-order chi connectivity index (χ0) is 27.4. The van der Waals surface area contributed by atoms with E-state index in [1.54, 1.807) is 0 Å². The van der Waals surface area contributed by atoms with Crippen molar-refractivity contribution in [3.8, 4) is 0 Å². The Morgan fingerprint density at radius 1 is 1.11 bits per heavy atom. The predicted octanol–water partition coefficient (Wildman–Crippen LogP) is 0.994. The second-order valence-electron chi connectivity index (χ2n) is 11.2. The minimum atomic E-state index is -5.76. The topological polar surface area (TPSA) is 107 Å². The van der Waals surface area contributed by atoms with Gasteiger partial charge < -0.3 is 9.47 Å². The second kappa shape index (κ2) is 9.70. The number of rotatable bonds is 9. The van der Waals surface area contributed by atoms with Crippen LogP contribution in [0, 0.1) is 17.3 Å². The third-order valence-electron chi connectivity index (χ3n) is 8.62. The molecule has 4 aliphatic carbocycles. The minimum Gasteiger partial charge on any atom is -0.455 e. The molecular formula is C24H33B3F2O7S. The molecule has 3 unspecified atom stereocenters. The van der Waals surface area contributed by atoms with E-state index in [0.717, 1.165) is 42.7 Å². The Bertz CT molecular complexity index is 1190. The van der Waals surface area contributed by atoms with Gasteiger partial charge in [0.15, 0.2) is 6.10 Å². The molecule has 0 aromatic heterocycles. The molecule has 0 saturated heterocycles. The Balaban J connectivity index is 1.61. The van der Waals surface area contributed by atoms with Gasteiger partial charge in [0.1, 0.15) is 29.1 Å². The Morgan fingerprint density at radius 2 is 1.73 bits per heavy atom. The van der Waals surface area contributed by atoms with Gasteiger partial charge in [0.2, 0.25) is 0 Å². The molecule has 0 heterocycles. The van der Waals surface area contributed by atoms with E-state index in [4.69, 9.17) is 14.0 Å². The van der Waals surface area contributed by atoms with E-state index in [1.807, 2.05) is 29.6 Å². The van der Waals surface area contributed by atoms with Crippen molar-refractivity contribution < 1.29 is 40.8 Å². The summed E-state index contributed by atoms with van der Waals surface area (Å²) in [6.07, 6.45) is 2.89. The van der Waals surface area contributed by atoms with E-state index in [-0.39, 0.29) is 18.3 Å². The zero-order valence-electron chi connectivity index (χ0n) is 21.8. The fraction of sp³-hybridized carbons (Fsp3) is 0.667. The Hall–Kier alpha value is -1.88. The van der Waals surface area contributed by atoms with Gasteiger partial charge >= 0.3 is 27.3 Å². The van der Waals surface area contributed by atoms with Crippen molar-refractivity contribution in [2.24, 2.45) is 17.3 Å². The molecule has 1 aromatic carbocycles. The highest BCUT2D eigenvalue weighted by atomic mass is 32.2. The lowest BCUT2D eigenvalue weighted by molar-refractivity contribution is -0.206. The number of carbonyl (C=O) groups is 2. The summed E-state index contributed by atoms with van der Waals surface area (Å²) in [5.41, 5.74) is 1.58. The van der Waals surface area contributed by atoms with E-state index in [1.165, 1.54) is 0 Å². The summed E-state index contributed by atoms with van der Waals surface area (Å²) in [6, 6.07) is 4.00. The Kier molecular flexibility index (Phi) is 7.38. The molecule has 0 amide bonds. The van der Waals surface area contributed by atoms with Crippen LogP contribution in [-0.4, -0.2) is 65.4 Å². The fourth-order valence-corrected chi connectivity index (χ4v) is 7.74. The van der Waals surface area contributed by atoms with Gasteiger partial charge in [0.05, 0.1) is 11.0 Å². The van der Waals surface area contributed by atoms with E-state index in [0.29, 0.717) is 37.6 Å². The van der Waals surface area contributed by atoms with Gasteiger partial charge in [-0.15, -0.1) is 0 Å². The Morgan fingerprint density at radius 3 is 2.24 bits per heavy atom. The molecule has 4 bridgehead atoms. The number of halogens is 2. The monoisotopic (exact) mass is 536 g/mol. The smallest absolute Gasteiger partial charge is 0.405 e. The van der Waals surface area contributed by atoms with Crippen molar-refractivity contribution in [1.82, 2.24) is 0 Å². The van der Waals surface area contributed by atoms with Crippen molar-refractivity contribution in [3.63, 3.8) is 0 Å².